The second kappa shape index (κ2) is 8.31. The zero-order valence-electron chi connectivity index (χ0n) is 16.1. The topological polar surface area (TPSA) is 125 Å². The van der Waals surface area contributed by atoms with Gasteiger partial charge < -0.3 is 9.15 Å². The van der Waals surface area contributed by atoms with Crippen LogP contribution in [0, 0.1) is 6.92 Å². The lowest BCUT2D eigenvalue weighted by Crippen LogP contribution is -2.22. The Labute approximate surface area is 186 Å². The average Bonchev–Trinajstić information content (AvgIpc) is 3.19. The van der Waals surface area contributed by atoms with Crippen LogP contribution in [0.2, 0.25) is 5.02 Å². The number of aromatic nitrogens is 1. The second-order valence-electron chi connectivity index (χ2n) is 6.65. The molecular formula is C20H16ClN3O5S2. The Kier molecular flexibility index (Phi) is 5.71. The summed E-state index contributed by atoms with van der Waals surface area (Å²) < 4.78 is 36.0. The third kappa shape index (κ3) is 4.72. The summed E-state index contributed by atoms with van der Waals surface area (Å²) in [4.78, 5) is 16.8. The minimum Gasteiger partial charge on any atom is -0.431 e. The molecule has 0 atom stereocenters. The van der Waals surface area contributed by atoms with Gasteiger partial charge in [0.15, 0.2) is 0 Å². The highest BCUT2D eigenvalue weighted by Gasteiger charge is 2.16. The third-order valence-electron chi connectivity index (χ3n) is 4.57. The van der Waals surface area contributed by atoms with Gasteiger partial charge in [0.05, 0.1) is 10.7 Å². The number of halogens is 1. The van der Waals surface area contributed by atoms with E-state index < -0.39 is 15.8 Å². The summed E-state index contributed by atoms with van der Waals surface area (Å²) in [6.07, 6.45) is 1.79. The number of nitrogens with one attached hydrogen (secondary N) is 1. The van der Waals surface area contributed by atoms with Gasteiger partial charge >= 0.3 is 5.63 Å². The molecule has 11 heteroatoms. The van der Waals surface area contributed by atoms with E-state index in [1.807, 2.05) is 6.92 Å². The maximum atomic E-state index is 12.7. The Morgan fingerprint density at radius 3 is 2.81 bits per heavy atom. The van der Waals surface area contributed by atoms with Crippen LogP contribution in [0.4, 0.5) is 5.69 Å². The molecule has 4 rings (SSSR count). The first kappa shape index (κ1) is 21.3. The maximum absolute atomic E-state index is 12.7. The van der Waals surface area contributed by atoms with Crippen LogP contribution in [0.25, 0.3) is 11.0 Å². The molecule has 3 N–H and O–H groups in total. The molecule has 0 spiro atoms. The fraction of sp³-hybridized carbons (Fsp3) is 0.100. The fourth-order valence-electron chi connectivity index (χ4n) is 3.14. The van der Waals surface area contributed by atoms with Gasteiger partial charge in [-0.3, -0.25) is 4.72 Å². The van der Waals surface area contributed by atoms with Crippen molar-refractivity contribution in [2.45, 2.75) is 13.3 Å². The Bertz CT molecular complexity index is 1430. The highest BCUT2D eigenvalue weighted by molar-refractivity contribution is 7.90. The van der Waals surface area contributed by atoms with Crippen LogP contribution in [0.5, 0.6) is 10.9 Å². The Balaban J connectivity index is 1.70. The van der Waals surface area contributed by atoms with Gasteiger partial charge in [-0.15, -0.1) is 0 Å². The Morgan fingerprint density at radius 1 is 1.29 bits per heavy atom. The Hall–Kier alpha value is -2.92. The van der Waals surface area contributed by atoms with Gasteiger partial charge in [0, 0.05) is 35.0 Å². The number of anilines is 1. The first-order chi connectivity index (χ1) is 14.7. The zero-order chi connectivity index (χ0) is 22.2. The molecule has 0 saturated heterocycles. The summed E-state index contributed by atoms with van der Waals surface area (Å²) in [5.74, 6) is 0.502. The molecule has 0 aliphatic carbocycles. The van der Waals surface area contributed by atoms with Crippen LogP contribution >= 0.6 is 22.9 Å². The average molecular weight is 478 g/mol. The summed E-state index contributed by atoms with van der Waals surface area (Å²) >= 11 is 7.69. The third-order valence-corrected chi connectivity index (χ3v) is 6.17. The van der Waals surface area contributed by atoms with E-state index in [9.17, 15) is 13.2 Å². The molecule has 0 aliphatic rings. The van der Waals surface area contributed by atoms with Gasteiger partial charge in [-0.2, -0.15) is 8.42 Å². The molecule has 2 aromatic heterocycles. The number of benzene rings is 2. The van der Waals surface area contributed by atoms with Gasteiger partial charge in [-0.25, -0.2) is 14.9 Å². The molecule has 0 aliphatic heterocycles. The molecule has 2 aromatic carbocycles. The van der Waals surface area contributed by atoms with Gasteiger partial charge in [0.1, 0.15) is 11.3 Å². The summed E-state index contributed by atoms with van der Waals surface area (Å²) in [6, 6.07) is 10.0. The maximum Gasteiger partial charge on any atom is 0.340 e. The van der Waals surface area contributed by atoms with Crippen molar-refractivity contribution in [3.63, 3.8) is 0 Å². The number of rotatable bonds is 6. The summed E-state index contributed by atoms with van der Waals surface area (Å²) in [5, 5.41) is 8.21. The number of nitrogens with two attached hydrogens (primary N) is 1. The van der Waals surface area contributed by atoms with Crippen molar-refractivity contribution in [3.8, 4) is 10.9 Å². The predicted molar refractivity (Wildman–Crippen MR) is 120 cm³/mol. The number of nitrogens with zero attached hydrogens (tertiary/aromatic N) is 1. The van der Waals surface area contributed by atoms with Crippen LogP contribution in [-0.2, 0) is 16.6 Å². The van der Waals surface area contributed by atoms with E-state index in [-0.39, 0.29) is 17.1 Å². The largest absolute Gasteiger partial charge is 0.431 e. The van der Waals surface area contributed by atoms with Crippen molar-refractivity contribution in [3.05, 3.63) is 80.1 Å². The molecule has 0 saturated carbocycles. The molecule has 0 unspecified atom stereocenters. The zero-order valence-corrected chi connectivity index (χ0v) is 18.5. The number of ether oxygens (including phenoxy) is 1. The van der Waals surface area contributed by atoms with Crippen molar-refractivity contribution in [1.29, 1.82) is 0 Å². The lowest BCUT2D eigenvalue weighted by molar-refractivity contribution is 0.476. The molecule has 0 fully saturated rings. The number of fused-ring (bicyclic) bond motifs is 1. The second-order valence-corrected chi connectivity index (χ2v) is 9.18. The molecule has 0 bridgehead atoms. The first-order valence-electron chi connectivity index (χ1n) is 8.93. The number of hydrogen-bond donors (Lipinski definition) is 2. The van der Waals surface area contributed by atoms with E-state index >= 15 is 0 Å². The molecule has 0 amide bonds. The summed E-state index contributed by atoms with van der Waals surface area (Å²) in [7, 11) is -3.99. The first-order valence-corrected chi connectivity index (χ1v) is 11.7. The van der Waals surface area contributed by atoms with Gasteiger partial charge in [0.2, 0.25) is 0 Å². The Morgan fingerprint density at radius 2 is 2.10 bits per heavy atom. The molecule has 8 nitrogen and oxygen atoms in total. The molecular weight excluding hydrogens is 462 g/mol. The molecule has 4 aromatic rings. The van der Waals surface area contributed by atoms with Crippen LogP contribution in [0.3, 0.4) is 0 Å². The van der Waals surface area contributed by atoms with Crippen LogP contribution in [0.1, 0.15) is 16.7 Å². The highest BCUT2D eigenvalue weighted by Crippen LogP contribution is 2.31. The summed E-state index contributed by atoms with van der Waals surface area (Å²) in [5.41, 5.74) is 1.69. The van der Waals surface area contributed by atoms with Crippen molar-refractivity contribution in [2.24, 2.45) is 5.14 Å². The minimum atomic E-state index is -3.99. The fourth-order valence-corrected chi connectivity index (χ4v) is 4.42. The smallest absolute Gasteiger partial charge is 0.340 e. The summed E-state index contributed by atoms with van der Waals surface area (Å²) in [6.45, 7) is 1.82. The number of thiazole rings is 1. The number of hydrogen-bond acceptors (Lipinski definition) is 7. The van der Waals surface area contributed by atoms with E-state index in [0.29, 0.717) is 27.7 Å². The van der Waals surface area contributed by atoms with Gasteiger partial charge in [0.25, 0.3) is 15.4 Å². The van der Waals surface area contributed by atoms with Crippen LogP contribution < -0.4 is 20.2 Å². The molecule has 2 heterocycles. The van der Waals surface area contributed by atoms with Crippen molar-refractivity contribution >= 4 is 49.8 Å². The standard InChI is InChI=1S/C20H16ClN3O5S2/c1-11-14-6-5-13(28-20-23-7-8-30-20)10-17(14)29-19(25)15(11)9-12-3-2-4-16(18(12)21)24-31(22,26)27/h2-8,10,24H,9H2,1H3,(H2,22,26,27). The predicted octanol–water partition coefficient (Wildman–Crippen LogP) is 4.21. The molecule has 0 radical (unpaired) electrons. The van der Waals surface area contributed by atoms with Crippen LogP contribution in [-0.4, -0.2) is 13.4 Å². The lowest BCUT2D eigenvalue weighted by atomic mass is 9.99. The van der Waals surface area contributed by atoms with E-state index in [2.05, 4.69) is 9.71 Å². The van der Waals surface area contributed by atoms with Crippen molar-refractivity contribution in [2.75, 3.05) is 4.72 Å². The van der Waals surface area contributed by atoms with E-state index in [1.54, 1.807) is 41.9 Å². The SMILES string of the molecule is Cc1c(Cc2cccc(NS(N)(=O)=O)c2Cl)c(=O)oc2cc(Oc3nccs3)ccc12. The van der Waals surface area contributed by atoms with Crippen molar-refractivity contribution in [1.82, 2.24) is 4.98 Å². The lowest BCUT2D eigenvalue weighted by Gasteiger charge is -2.12. The minimum absolute atomic E-state index is 0.133. The van der Waals surface area contributed by atoms with E-state index in [1.165, 1.54) is 17.4 Å². The molecule has 31 heavy (non-hydrogen) atoms. The van der Waals surface area contributed by atoms with E-state index in [0.717, 1.165) is 10.9 Å². The quantitative estimate of drug-likeness (QED) is 0.401. The van der Waals surface area contributed by atoms with Crippen molar-refractivity contribution < 1.29 is 17.6 Å². The normalized spacial score (nSPS) is 11.6. The van der Waals surface area contributed by atoms with Gasteiger partial charge in [-0.05, 0) is 36.2 Å². The van der Waals surface area contributed by atoms with Crippen LogP contribution in [0.15, 0.2) is 57.2 Å². The highest BCUT2D eigenvalue weighted by atomic mass is 35.5. The number of aryl methyl sites for hydroxylation is 1. The monoisotopic (exact) mass is 477 g/mol. The molecule has 160 valence electrons. The van der Waals surface area contributed by atoms with Gasteiger partial charge in [-0.1, -0.05) is 35.1 Å². The van der Waals surface area contributed by atoms with E-state index in [4.69, 9.17) is 25.9 Å².